The van der Waals surface area contributed by atoms with Crippen LogP contribution >= 0.6 is 11.3 Å². The first-order valence-electron chi connectivity index (χ1n) is 6.76. The van der Waals surface area contributed by atoms with E-state index >= 15 is 0 Å². The summed E-state index contributed by atoms with van der Waals surface area (Å²) in [6, 6.07) is 6.70. The van der Waals surface area contributed by atoms with Gasteiger partial charge in [0.15, 0.2) is 11.5 Å². The molecule has 1 saturated carbocycles. The molecule has 5 heteroatoms. The summed E-state index contributed by atoms with van der Waals surface area (Å²) in [7, 11) is 1.67. The van der Waals surface area contributed by atoms with E-state index in [-0.39, 0.29) is 0 Å². The molecule has 4 nitrogen and oxygen atoms in total. The van der Waals surface area contributed by atoms with Gasteiger partial charge in [-0.2, -0.15) is 0 Å². The molecular formula is C15H18N2O2S. The van der Waals surface area contributed by atoms with Crippen molar-refractivity contribution in [1.82, 2.24) is 10.3 Å². The summed E-state index contributed by atoms with van der Waals surface area (Å²) >= 11 is 1.60. The van der Waals surface area contributed by atoms with Gasteiger partial charge >= 0.3 is 0 Å². The molecule has 1 aromatic heterocycles. The topological polar surface area (TPSA) is 43.4 Å². The summed E-state index contributed by atoms with van der Waals surface area (Å²) in [6.45, 7) is 1.35. The molecule has 2 aromatic rings. The molecule has 1 heterocycles. The van der Waals surface area contributed by atoms with Crippen molar-refractivity contribution in [2.75, 3.05) is 7.11 Å². The van der Waals surface area contributed by atoms with Crippen LogP contribution in [0.2, 0.25) is 0 Å². The third-order valence-corrected chi connectivity index (χ3v) is 4.03. The largest absolute Gasteiger partial charge is 0.493 e. The molecule has 0 aliphatic heterocycles. The van der Waals surface area contributed by atoms with Gasteiger partial charge in [-0.3, -0.25) is 4.98 Å². The highest BCUT2D eigenvalue weighted by molar-refractivity contribution is 7.09. The van der Waals surface area contributed by atoms with Crippen molar-refractivity contribution in [3.63, 3.8) is 0 Å². The SMILES string of the molecule is COc1cccc(CNC2CC2)c1OCc1cncs1. The molecule has 1 aliphatic carbocycles. The van der Waals surface area contributed by atoms with Gasteiger partial charge in [-0.15, -0.1) is 11.3 Å². The van der Waals surface area contributed by atoms with E-state index in [0.717, 1.165) is 28.5 Å². The van der Waals surface area contributed by atoms with E-state index in [1.807, 2.05) is 23.8 Å². The van der Waals surface area contributed by atoms with Gasteiger partial charge in [0.2, 0.25) is 0 Å². The predicted octanol–water partition coefficient (Wildman–Crippen LogP) is 2.98. The van der Waals surface area contributed by atoms with Gasteiger partial charge in [-0.05, 0) is 18.9 Å². The average molecular weight is 290 g/mol. The molecule has 0 spiro atoms. The highest BCUT2D eigenvalue weighted by Crippen LogP contribution is 2.32. The summed E-state index contributed by atoms with van der Waals surface area (Å²) in [5.74, 6) is 1.61. The molecule has 1 fully saturated rings. The number of benzene rings is 1. The van der Waals surface area contributed by atoms with Gasteiger partial charge in [0, 0.05) is 24.3 Å². The van der Waals surface area contributed by atoms with E-state index in [9.17, 15) is 0 Å². The van der Waals surface area contributed by atoms with Gasteiger partial charge in [0.05, 0.1) is 17.5 Å². The molecule has 1 aromatic carbocycles. The lowest BCUT2D eigenvalue weighted by atomic mass is 10.2. The van der Waals surface area contributed by atoms with Crippen molar-refractivity contribution in [1.29, 1.82) is 0 Å². The van der Waals surface area contributed by atoms with Crippen molar-refractivity contribution < 1.29 is 9.47 Å². The third kappa shape index (κ3) is 3.29. The molecule has 0 unspecified atom stereocenters. The van der Waals surface area contributed by atoms with Crippen LogP contribution in [0.15, 0.2) is 29.9 Å². The summed E-state index contributed by atoms with van der Waals surface area (Å²) < 4.78 is 11.4. The molecule has 0 amide bonds. The number of aromatic nitrogens is 1. The number of nitrogens with one attached hydrogen (secondary N) is 1. The van der Waals surface area contributed by atoms with Gasteiger partial charge in [0.25, 0.3) is 0 Å². The van der Waals surface area contributed by atoms with Crippen LogP contribution in [0.25, 0.3) is 0 Å². The number of nitrogens with zero attached hydrogens (tertiary/aromatic N) is 1. The Morgan fingerprint density at radius 1 is 1.40 bits per heavy atom. The van der Waals surface area contributed by atoms with Gasteiger partial charge in [0.1, 0.15) is 6.61 Å². The highest BCUT2D eigenvalue weighted by Gasteiger charge is 2.21. The van der Waals surface area contributed by atoms with E-state index in [1.165, 1.54) is 12.8 Å². The second kappa shape index (κ2) is 6.24. The molecular weight excluding hydrogens is 272 g/mol. The monoisotopic (exact) mass is 290 g/mol. The Morgan fingerprint density at radius 2 is 2.30 bits per heavy atom. The number of methoxy groups -OCH3 is 1. The van der Waals surface area contributed by atoms with Crippen molar-refractivity contribution in [3.8, 4) is 11.5 Å². The molecule has 0 radical (unpaired) electrons. The van der Waals surface area contributed by atoms with Crippen molar-refractivity contribution in [2.45, 2.75) is 32.0 Å². The minimum absolute atomic E-state index is 0.529. The number of thiazole rings is 1. The van der Waals surface area contributed by atoms with E-state index in [0.29, 0.717) is 12.6 Å². The molecule has 20 heavy (non-hydrogen) atoms. The fourth-order valence-electron chi connectivity index (χ4n) is 2.02. The van der Waals surface area contributed by atoms with Crippen LogP contribution in [-0.2, 0) is 13.2 Å². The third-order valence-electron chi connectivity index (χ3n) is 3.28. The Hall–Kier alpha value is -1.59. The summed E-state index contributed by atoms with van der Waals surface area (Å²) in [6.07, 6.45) is 4.39. The van der Waals surface area contributed by atoms with Crippen LogP contribution < -0.4 is 14.8 Å². The smallest absolute Gasteiger partial charge is 0.166 e. The summed E-state index contributed by atoms with van der Waals surface area (Å²) in [5.41, 5.74) is 2.96. The number of hydrogen-bond acceptors (Lipinski definition) is 5. The maximum atomic E-state index is 5.96. The highest BCUT2D eigenvalue weighted by atomic mass is 32.1. The quantitative estimate of drug-likeness (QED) is 0.851. The first-order chi connectivity index (χ1) is 9.86. The maximum Gasteiger partial charge on any atom is 0.166 e. The Kier molecular flexibility index (Phi) is 4.18. The Balaban J connectivity index is 1.73. The molecule has 1 N–H and O–H groups in total. The number of ether oxygens (including phenoxy) is 2. The van der Waals surface area contributed by atoms with Crippen LogP contribution in [0.5, 0.6) is 11.5 Å². The van der Waals surface area contributed by atoms with Crippen LogP contribution in [0.3, 0.4) is 0 Å². The standard InChI is InChI=1S/C15H18N2O2S/c1-18-14-4-2-3-11(7-17-12-5-6-12)15(14)19-9-13-8-16-10-20-13/h2-4,8,10,12,17H,5-7,9H2,1H3. The zero-order valence-electron chi connectivity index (χ0n) is 11.5. The number of rotatable bonds is 7. The van der Waals surface area contributed by atoms with E-state index in [4.69, 9.17) is 9.47 Å². The van der Waals surface area contributed by atoms with E-state index < -0.39 is 0 Å². The Bertz CT molecular complexity index is 553. The fourth-order valence-corrected chi connectivity index (χ4v) is 2.53. The zero-order valence-corrected chi connectivity index (χ0v) is 12.3. The summed E-state index contributed by atoms with van der Waals surface area (Å²) in [5, 5.41) is 3.51. The van der Waals surface area contributed by atoms with Gasteiger partial charge < -0.3 is 14.8 Å². The van der Waals surface area contributed by atoms with Crippen LogP contribution in [-0.4, -0.2) is 18.1 Å². The Morgan fingerprint density at radius 3 is 3.00 bits per heavy atom. The van der Waals surface area contributed by atoms with Crippen LogP contribution in [0, 0.1) is 0 Å². The lowest BCUT2D eigenvalue weighted by molar-refractivity contribution is 0.283. The molecule has 1 aliphatic rings. The fraction of sp³-hybridized carbons (Fsp3) is 0.400. The van der Waals surface area contributed by atoms with Crippen molar-refractivity contribution in [3.05, 3.63) is 40.3 Å². The first kappa shape index (κ1) is 13.4. The lowest BCUT2D eigenvalue weighted by Gasteiger charge is -2.15. The second-order valence-electron chi connectivity index (χ2n) is 4.86. The Labute approximate surface area is 122 Å². The minimum Gasteiger partial charge on any atom is -0.493 e. The predicted molar refractivity (Wildman–Crippen MR) is 79.3 cm³/mol. The minimum atomic E-state index is 0.529. The summed E-state index contributed by atoms with van der Waals surface area (Å²) in [4.78, 5) is 5.17. The number of hydrogen-bond donors (Lipinski definition) is 1. The van der Waals surface area contributed by atoms with E-state index in [1.54, 1.807) is 18.4 Å². The second-order valence-corrected chi connectivity index (χ2v) is 5.83. The molecule has 0 saturated heterocycles. The van der Waals surface area contributed by atoms with Gasteiger partial charge in [-0.25, -0.2) is 0 Å². The molecule has 0 atom stereocenters. The van der Waals surface area contributed by atoms with Gasteiger partial charge in [-0.1, -0.05) is 12.1 Å². The zero-order chi connectivity index (χ0) is 13.8. The molecule has 106 valence electrons. The average Bonchev–Trinajstić information content (AvgIpc) is 3.17. The first-order valence-corrected chi connectivity index (χ1v) is 7.64. The normalized spacial score (nSPS) is 14.2. The van der Waals surface area contributed by atoms with Crippen molar-refractivity contribution in [2.24, 2.45) is 0 Å². The maximum absolute atomic E-state index is 5.96. The molecule has 0 bridgehead atoms. The van der Waals surface area contributed by atoms with Crippen molar-refractivity contribution >= 4 is 11.3 Å². The lowest BCUT2D eigenvalue weighted by Crippen LogP contribution is -2.16. The van der Waals surface area contributed by atoms with Crippen LogP contribution in [0.4, 0.5) is 0 Å². The number of para-hydroxylation sites is 1. The van der Waals surface area contributed by atoms with Crippen LogP contribution in [0.1, 0.15) is 23.3 Å². The van der Waals surface area contributed by atoms with E-state index in [2.05, 4.69) is 16.4 Å². The molecule has 3 rings (SSSR count).